The van der Waals surface area contributed by atoms with Gasteiger partial charge in [0, 0.05) is 62.9 Å². The molecule has 3 aliphatic heterocycles. The first-order valence-electron chi connectivity index (χ1n) is 18.9. The van der Waals surface area contributed by atoms with Gasteiger partial charge in [0.1, 0.15) is 23.8 Å². The van der Waals surface area contributed by atoms with Crippen molar-refractivity contribution in [2.75, 3.05) is 26.7 Å². The Morgan fingerprint density at radius 2 is 0.950 bits per heavy atom. The standard InChI is InChI=1S/C40H40F6N2O10S2/c1-55-37(39(41,42)43,21-11-7-5-8-12-21)33(53)57-27-17-15-25(49)23-19-35(59-3)32(52)48-30-24(20-36(48,60-4)31(51)47(35)29(23)27)26(50)16-18-28(30)58-34(54)38(56-2,40(44,45)46)22-13-9-6-10-14-22/h5-14,23-24,27-30H,15-20H2,1-4H3/t23-,24-,27-,28-,29-,30-,35+,36+,37+,38+/m0/s1. The van der Waals surface area contributed by atoms with E-state index >= 15 is 9.59 Å². The van der Waals surface area contributed by atoms with Crippen LogP contribution in [0.2, 0.25) is 0 Å². The van der Waals surface area contributed by atoms with Crippen molar-refractivity contribution in [2.24, 2.45) is 11.8 Å². The number of esters is 2. The number of ketones is 2. The van der Waals surface area contributed by atoms with Crippen LogP contribution in [0, 0.1) is 11.8 Å². The van der Waals surface area contributed by atoms with Crippen LogP contribution in [0.1, 0.15) is 49.7 Å². The zero-order valence-electron chi connectivity index (χ0n) is 32.5. The maximum atomic E-state index is 15.3. The van der Waals surface area contributed by atoms with Crippen molar-refractivity contribution < 1.29 is 74.1 Å². The molecule has 3 heterocycles. The van der Waals surface area contributed by atoms with E-state index in [9.17, 15) is 45.5 Å². The summed E-state index contributed by atoms with van der Waals surface area (Å²) in [6, 6.07) is 9.25. The van der Waals surface area contributed by atoms with Gasteiger partial charge in [-0.25, -0.2) is 9.59 Å². The number of ether oxygens (including phenoxy) is 4. The van der Waals surface area contributed by atoms with Crippen LogP contribution < -0.4 is 0 Å². The largest absolute Gasteiger partial charge is 0.457 e. The molecule has 3 saturated heterocycles. The highest BCUT2D eigenvalue weighted by Crippen LogP contribution is 2.61. The fourth-order valence-electron chi connectivity index (χ4n) is 9.98. The molecular weight excluding hydrogens is 847 g/mol. The number of carbonyl (C=O) groups excluding carboxylic acids is 6. The zero-order chi connectivity index (χ0) is 43.8. The van der Waals surface area contributed by atoms with E-state index in [1.165, 1.54) is 48.9 Å². The Labute approximate surface area is 348 Å². The number of fused-ring (bicyclic) bond motifs is 6. The van der Waals surface area contributed by atoms with Crippen LogP contribution in [-0.4, -0.2) is 118 Å². The fourth-order valence-corrected chi connectivity index (χ4v) is 12.0. The Morgan fingerprint density at radius 1 is 0.617 bits per heavy atom. The molecule has 0 aromatic heterocycles. The van der Waals surface area contributed by atoms with E-state index in [1.54, 1.807) is 0 Å². The van der Waals surface area contributed by atoms with Crippen LogP contribution in [0.25, 0.3) is 0 Å². The van der Waals surface area contributed by atoms with E-state index in [0.29, 0.717) is 14.2 Å². The van der Waals surface area contributed by atoms with Crippen LogP contribution >= 0.6 is 23.5 Å². The third-order valence-corrected chi connectivity index (χ3v) is 15.2. The lowest BCUT2D eigenvalue weighted by Gasteiger charge is -2.55. The van der Waals surface area contributed by atoms with Gasteiger partial charge in [-0.1, -0.05) is 60.7 Å². The number of hydrogen-bond donors (Lipinski definition) is 0. The van der Waals surface area contributed by atoms with Gasteiger partial charge in [0.05, 0.1) is 12.1 Å². The van der Waals surface area contributed by atoms with Crippen molar-refractivity contribution in [3.05, 3.63) is 71.8 Å². The summed E-state index contributed by atoms with van der Waals surface area (Å²) in [6.07, 6.45) is -12.7. The molecule has 2 aromatic rings. The van der Waals surface area contributed by atoms with Gasteiger partial charge in [-0.2, -0.15) is 26.3 Å². The molecule has 7 rings (SSSR count). The minimum atomic E-state index is -5.35. The van der Waals surface area contributed by atoms with E-state index in [-0.39, 0.29) is 38.5 Å². The molecule has 0 radical (unpaired) electrons. The van der Waals surface area contributed by atoms with Crippen molar-refractivity contribution in [3.63, 3.8) is 0 Å². The molecule has 12 nitrogen and oxygen atoms in total. The highest BCUT2D eigenvalue weighted by atomic mass is 32.2. The summed E-state index contributed by atoms with van der Waals surface area (Å²) in [6.45, 7) is 0. The summed E-state index contributed by atoms with van der Waals surface area (Å²) >= 11 is 1.69. The van der Waals surface area contributed by atoms with E-state index in [4.69, 9.17) is 18.9 Å². The molecule has 10 atom stereocenters. The normalized spacial score (nSPS) is 32.3. The lowest BCUT2D eigenvalue weighted by Crippen LogP contribution is -2.75. The van der Waals surface area contributed by atoms with Gasteiger partial charge in [0.2, 0.25) is 0 Å². The summed E-state index contributed by atoms with van der Waals surface area (Å²) in [5, 5.41) is 0. The van der Waals surface area contributed by atoms with Gasteiger partial charge in [-0.3, -0.25) is 19.2 Å². The first-order valence-corrected chi connectivity index (χ1v) is 21.3. The van der Waals surface area contributed by atoms with Crippen molar-refractivity contribution in [3.8, 4) is 0 Å². The number of methoxy groups -OCH3 is 2. The number of rotatable bonds is 10. The Bertz CT molecular complexity index is 1930. The Hall–Kier alpha value is -4.14. The Balaban J connectivity index is 1.28. The van der Waals surface area contributed by atoms with Crippen molar-refractivity contribution >= 4 is 58.8 Å². The lowest BCUT2D eigenvalue weighted by molar-refractivity contribution is -0.280. The quantitative estimate of drug-likeness (QED) is 0.225. The van der Waals surface area contributed by atoms with Crippen LogP contribution in [0.4, 0.5) is 26.3 Å². The molecular formula is C40H40F6N2O10S2. The molecule has 20 heteroatoms. The maximum Gasteiger partial charge on any atom is 0.432 e. The summed E-state index contributed by atoms with van der Waals surface area (Å²) in [4.78, 5) is 84.2. The van der Waals surface area contributed by atoms with E-state index in [0.717, 1.165) is 57.6 Å². The van der Waals surface area contributed by atoms with Gasteiger partial charge >= 0.3 is 24.3 Å². The molecule has 5 aliphatic rings. The number of alkyl halides is 6. The molecule has 2 saturated carbocycles. The number of hydrogen-bond acceptors (Lipinski definition) is 12. The Morgan fingerprint density at radius 3 is 1.23 bits per heavy atom. The molecule has 0 bridgehead atoms. The third-order valence-electron chi connectivity index (χ3n) is 12.8. The second-order valence-electron chi connectivity index (χ2n) is 15.3. The lowest BCUT2D eigenvalue weighted by atomic mass is 9.80. The minimum absolute atomic E-state index is 0.270. The number of thioether (sulfide) groups is 2. The number of piperazine rings is 1. The highest BCUT2D eigenvalue weighted by Gasteiger charge is 2.77. The van der Waals surface area contributed by atoms with Gasteiger partial charge < -0.3 is 28.7 Å². The average molecular weight is 887 g/mol. The molecule has 2 aliphatic carbocycles. The molecule has 2 aromatic carbocycles. The SMILES string of the molecule is CO[C@@](C(=O)O[C@H]1CCC(=O)[C@@H]2C[C@@]3(SC)C(=O)N4[C@@H]5[C@@H](OC(=O)[C@](OC)(c6ccccc6)C(F)(F)F)CCC(=O)[C@@H]5C[C@@]4(SC)C(=O)N3[C@H]12)(c1ccccc1)C(F)(F)F. The minimum Gasteiger partial charge on any atom is -0.457 e. The predicted octanol–water partition coefficient (Wildman–Crippen LogP) is 5.31. The number of benzene rings is 2. The zero-order valence-corrected chi connectivity index (χ0v) is 34.2. The van der Waals surface area contributed by atoms with Crippen LogP contribution in [0.5, 0.6) is 0 Å². The first kappa shape index (κ1) is 43.9. The molecule has 60 heavy (non-hydrogen) atoms. The van der Waals surface area contributed by atoms with Crippen molar-refractivity contribution in [1.29, 1.82) is 0 Å². The first-order chi connectivity index (χ1) is 28.3. The summed E-state index contributed by atoms with van der Waals surface area (Å²) in [5.74, 6) is -8.65. The highest BCUT2D eigenvalue weighted by molar-refractivity contribution is 8.01. The van der Waals surface area contributed by atoms with Crippen molar-refractivity contribution in [2.45, 2.75) is 96.1 Å². The number of nitrogens with zero attached hydrogens (tertiary/aromatic N) is 2. The second kappa shape index (κ2) is 15.3. The average Bonchev–Trinajstić information content (AvgIpc) is 3.78. The number of carbonyl (C=O) groups is 6. The fraction of sp³-hybridized carbons (Fsp3) is 0.550. The Kier molecular flexibility index (Phi) is 11.2. The molecule has 0 unspecified atom stereocenters. The predicted molar refractivity (Wildman–Crippen MR) is 201 cm³/mol. The maximum absolute atomic E-state index is 15.3. The third kappa shape index (κ3) is 6.04. The van der Waals surface area contributed by atoms with Crippen LogP contribution in [0.3, 0.4) is 0 Å². The summed E-state index contributed by atoms with van der Waals surface area (Å²) in [5.41, 5.74) is -8.40. The number of Topliss-reactive ketones (excluding diaryl/α,β-unsaturated/α-hetero) is 2. The van der Waals surface area contributed by atoms with Gasteiger partial charge in [-0.05, 0) is 25.4 Å². The molecule has 0 spiro atoms. The molecule has 324 valence electrons. The van der Waals surface area contributed by atoms with Crippen LogP contribution in [-0.2, 0) is 58.9 Å². The van der Waals surface area contributed by atoms with Gasteiger partial charge in [0.15, 0.2) is 9.74 Å². The van der Waals surface area contributed by atoms with E-state index < -0.39 is 116 Å². The number of amides is 2. The van der Waals surface area contributed by atoms with E-state index in [1.807, 2.05) is 0 Å². The summed E-state index contributed by atoms with van der Waals surface area (Å²) in [7, 11) is 1.39. The van der Waals surface area contributed by atoms with Gasteiger partial charge in [0.25, 0.3) is 23.0 Å². The van der Waals surface area contributed by atoms with E-state index in [2.05, 4.69) is 0 Å². The molecule has 0 N–H and O–H groups in total. The number of halogens is 6. The van der Waals surface area contributed by atoms with Gasteiger partial charge in [-0.15, -0.1) is 23.5 Å². The summed E-state index contributed by atoms with van der Waals surface area (Å²) < 4.78 is 111. The molecule has 2 amide bonds. The molecule has 5 fully saturated rings. The van der Waals surface area contributed by atoms with Crippen LogP contribution in [0.15, 0.2) is 60.7 Å². The topological polar surface area (TPSA) is 146 Å². The smallest absolute Gasteiger partial charge is 0.432 e. The van der Waals surface area contributed by atoms with Crippen molar-refractivity contribution in [1.82, 2.24) is 9.80 Å². The monoisotopic (exact) mass is 886 g/mol. The second-order valence-corrected chi connectivity index (χ2v) is 17.5.